The van der Waals surface area contributed by atoms with Gasteiger partial charge in [-0.05, 0) is 5.56 Å². The molecule has 1 aromatic rings. The third-order valence-corrected chi connectivity index (χ3v) is 5.28. The van der Waals surface area contributed by atoms with Crippen LogP contribution in [0.5, 0.6) is 0 Å². The molecule has 0 radical (unpaired) electrons. The highest BCUT2D eigenvalue weighted by Gasteiger charge is 2.44. The van der Waals surface area contributed by atoms with Crippen LogP contribution in [0.1, 0.15) is 18.1 Å². The zero-order chi connectivity index (χ0) is 20.9. The predicted molar refractivity (Wildman–Crippen MR) is 97.4 cm³/mol. The Hall–Kier alpha value is -1.29. The lowest BCUT2D eigenvalue weighted by Gasteiger charge is -2.39. The average molecular weight is 439 g/mol. The molecule has 6 N–H and O–H groups in total. The number of aliphatic hydroxyl groups excluding tert-OH is 5. The van der Waals surface area contributed by atoms with Gasteiger partial charge in [-0.2, -0.15) is 8.42 Å². The van der Waals surface area contributed by atoms with Crippen molar-refractivity contribution in [2.24, 2.45) is 5.16 Å². The smallest absolute Gasteiger partial charge is 0.394 e. The lowest BCUT2D eigenvalue weighted by Crippen LogP contribution is -2.57. The van der Waals surface area contributed by atoms with Gasteiger partial charge in [-0.1, -0.05) is 47.2 Å². The lowest BCUT2D eigenvalue weighted by atomic mass is 10.0. The molecule has 1 saturated heterocycles. The van der Waals surface area contributed by atoms with Gasteiger partial charge in [0.15, 0.2) is 0 Å². The highest BCUT2D eigenvalue weighted by atomic mass is 32.3. The molecule has 0 unspecified atom stereocenters. The molecule has 28 heavy (non-hydrogen) atoms. The molecule has 13 heteroatoms. The molecular formula is C15H21NO10S2. The van der Waals surface area contributed by atoms with Gasteiger partial charge in [0, 0.05) is 6.42 Å². The largest absolute Gasteiger partial charge is 0.466 e. The van der Waals surface area contributed by atoms with Crippen LogP contribution in [-0.2, 0) is 19.4 Å². The van der Waals surface area contributed by atoms with Crippen LogP contribution in [-0.4, -0.2) is 80.0 Å². The molecule has 0 aliphatic carbocycles. The van der Waals surface area contributed by atoms with Crippen molar-refractivity contribution < 1.29 is 47.5 Å². The van der Waals surface area contributed by atoms with Gasteiger partial charge in [0.1, 0.15) is 34.9 Å². The fourth-order valence-corrected chi connectivity index (χ4v) is 3.79. The van der Waals surface area contributed by atoms with Gasteiger partial charge in [-0.25, -0.2) is 4.28 Å². The molecule has 0 spiro atoms. The Morgan fingerprint density at radius 1 is 1.18 bits per heavy atom. The molecule has 6 atom stereocenters. The highest BCUT2D eigenvalue weighted by Crippen LogP contribution is 2.32. The molecule has 0 aromatic heterocycles. The number of nitrogens with zero attached hydrogens (tertiary/aromatic N) is 1. The van der Waals surface area contributed by atoms with Gasteiger partial charge in [0.25, 0.3) is 0 Å². The predicted octanol–water partition coefficient (Wildman–Crippen LogP) is -1.22. The van der Waals surface area contributed by atoms with Crippen LogP contribution in [0.15, 0.2) is 35.5 Å². The summed E-state index contributed by atoms with van der Waals surface area (Å²) in [6, 6.07) is 8.31. The normalized spacial score (nSPS) is 30.1. The van der Waals surface area contributed by atoms with E-state index in [-0.39, 0.29) is 11.5 Å². The first kappa shape index (κ1) is 23.0. The minimum Gasteiger partial charge on any atom is -0.394 e. The summed E-state index contributed by atoms with van der Waals surface area (Å²) in [4.78, 5) is 0. The number of oxime groups is 1. The Kier molecular flexibility index (Phi) is 8.18. The monoisotopic (exact) mass is 439 g/mol. The molecule has 0 bridgehead atoms. The maximum absolute atomic E-state index is 10.8. The first-order valence-electron chi connectivity index (χ1n) is 8.05. The van der Waals surface area contributed by atoms with E-state index < -0.39 is 53.0 Å². The number of benzene rings is 1. The number of aliphatic hydroxyl groups is 5. The Labute approximate surface area is 165 Å². The van der Waals surface area contributed by atoms with Crippen molar-refractivity contribution in [1.29, 1.82) is 0 Å². The van der Waals surface area contributed by atoms with Crippen molar-refractivity contribution >= 4 is 27.2 Å². The van der Waals surface area contributed by atoms with Crippen molar-refractivity contribution in [2.75, 3.05) is 6.61 Å². The van der Waals surface area contributed by atoms with Crippen LogP contribution in [0.3, 0.4) is 0 Å². The summed E-state index contributed by atoms with van der Waals surface area (Å²) in [6.07, 6.45) is -7.43. The quantitative estimate of drug-likeness (QED) is 0.129. The molecule has 0 amide bonds. The van der Waals surface area contributed by atoms with Gasteiger partial charge in [-0.15, -0.1) is 0 Å². The topological polar surface area (TPSA) is 186 Å². The zero-order valence-corrected chi connectivity index (χ0v) is 16.0. The van der Waals surface area contributed by atoms with E-state index in [1.54, 1.807) is 30.3 Å². The summed E-state index contributed by atoms with van der Waals surface area (Å²) in [5, 5.41) is 52.3. The van der Waals surface area contributed by atoms with E-state index >= 15 is 0 Å². The van der Waals surface area contributed by atoms with E-state index in [2.05, 4.69) is 9.44 Å². The van der Waals surface area contributed by atoms with Crippen LogP contribution >= 0.6 is 11.8 Å². The van der Waals surface area contributed by atoms with Gasteiger partial charge in [-0.3, -0.25) is 4.55 Å². The minimum atomic E-state index is -4.92. The van der Waals surface area contributed by atoms with Crippen LogP contribution in [0.4, 0.5) is 0 Å². The van der Waals surface area contributed by atoms with E-state index in [1.165, 1.54) is 0 Å². The molecule has 1 aliphatic heterocycles. The summed E-state index contributed by atoms with van der Waals surface area (Å²) in [5.41, 5.74) is -0.793. The number of thioether (sulfide) groups is 1. The summed E-state index contributed by atoms with van der Waals surface area (Å²) in [6.45, 7) is -0.650. The third kappa shape index (κ3) is 6.37. The maximum Gasteiger partial charge on any atom is 0.466 e. The standard InChI is InChI=1S/C15H21NO10S2/c17-7-10-12(19)13(20)14(21)15(25-10)27-11(16-26-28(22,23)24)6-9(18)8-4-2-1-3-5-8/h1-5,9-10,12-15,17-21H,6-7H2,(H,22,23,24)/b16-11+/t9-,10+,12+,13-,14+,15-/m1/s1. The van der Waals surface area contributed by atoms with E-state index in [0.29, 0.717) is 17.3 Å². The first-order chi connectivity index (χ1) is 13.1. The highest BCUT2D eigenvalue weighted by molar-refractivity contribution is 8.14. The lowest BCUT2D eigenvalue weighted by molar-refractivity contribution is -0.205. The van der Waals surface area contributed by atoms with E-state index in [9.17, 15) is 34.0 Å². The summed E-state index contributed by atoms with van der Waals surface area (Å²) < 4.78 is 39.6. The van der Waals surface area contributed by atoms with Crippen molar-refractivity contribution in [3.8, 4) is 0 Å². The number of hydrogen-bond acceptors (Lipinski definition) is 11. The van der Waals surface area contributed by atoms with Gasteiger partial charge >= 0.3 is 10.4 Å². The molecule has 1 heterocycles. The Morgan fingerprint density at radius 2 is 1.82 bits per heavy atom. The second-order valence-electron chi connectivity index (χ2n) is 5.93. The fourth-order valence-electron chi connectivity index (χ4n) is 2.45. The summed E-state index contributed by atoms with van der Waals surface area (Å²) >= 11 is 0.597. The minimum absolute atomic E-state index is 0.196. The zero-order valence-electron chi connectivity index (χ0n) is 14.3. The third-order valence-electron chi connectivity index (χ3n) is 3.89. The summed E-state index contributed by atoms with van der Waals surface area (Å²) in [7, 11) is -4.92. The van der Waals surface area contributed by atoms with Crippen LogP contribution in [0.25, 0.3) is 0 Å². The van der Waals surface area contributed by atoms with Crippen LogP contribution in [0, 0.1) is 0 Å². The van der Waals surface area contributed by atoms with Crippen LogP contribution < -0.4 is 0 Å². The van der Waals surface area contributed by atoms with E-state index in [1.807, 2.05) is 0 Å². The molecule has 1 aliphatic rings. The molecule has 158 valence electrons. The van der Waals surface area contributed by atoms with Crippen molar-refractivity contribution in [3.05, 3.63) is 35.9 Å². The second-order valence-corrected chi connectivity index (χ2v) is 8.11. The Morgan fingerprint density at radius 3 is 2.39 bits per heavy atom. The maximum atomic E-state index is 10.8. The molecule has 2 rings (SSSR count). The molecular weight excluding hydrogens is 418 g/mol. The SMILES string of the molecule is O=S(=O)(O)O/N=C(\C[C@@H](O)c1ccccc1)S[C@H]1O[C@@H](CO)[C@H](O)[C@@H](O)[C@@H]1O. The second kappa shape index (κ2) is 9.96. The molecule has 1 fully saturated rings. The number of ether oxygens (including phenoxy) is 1. The Balaban J connectivity index is 2.19. The van der Waals surface area contributed by atoms with Crippen molar-refractivity contribution in [2.45, 2.75) is 42.4 Å². The van der Waals surface area contributed by atoms with Gasteiger partial charge in [0.05, 0.1) is 12.7 Å². The van der Waals surface area contributed by atoms with Gasteiger partial charge < -0.3 is 30.3 Å². The molecule has 11 nitrogen and oxygen atoms in total. The molecule has 1 aromatic carbocycles. The van der Waals surface area contributed by atoms with Crippen molar-refractivity contribution in [1.82, 2.24) is 0 Å². The van der Waals surface area contributed by atoms with E-state index in [0.717, 1.165) is 0 Å². The average Bonchev–Trinajstić information content (AvgIpc) is 2.66. The van der Waals surface area contributed by atoms with Crippen LogP contribution in [0.2, 0.25) is 0 Å². The molecule has 0 saturated carbocycles. The Bertz CT molecular complexity index is 757. The number of hydrogen-bond donors (Lipinski definition) is 6. The first-order valence-corrected chi connectivity index (χ1v) is 10.3. The van der Waals surface area contributed by atoms with E-state index in [4.69, 9.17) is 9.29 Å². The van der Waals surface area contributed by atoms with Crippen molar-refractivity contribution in [3.63, 3.8) is 0 Å². The van der Waals surface area contributed by atoms with Gasteiger partial charge in [0.2, 0.25) is 0 Å². The summed E-state index contributed by atoms with van der Waals surface area (Å²) in [5.74, 6) is 0. The fraction of sp³-hybridized carbons (Fsp3) is 0.533. The number of rotatable bonds is 7.